The van der Waals surface area contributed by atoms with E-state index in [-0.39, 0.29) is 49.9 Å². The van der Waals surface area contributed by atoms with Crippen LogP contribution in [0.25, 0.3) is 0 Å². The van der Waals surface area contributed by atoms with Gasteiger partial charge in [0.15, 0.2) is 0 Å². The molecule has 0 bridgehead atoms. The summed E-state index contributed by atoms with van der Waals surface area (Å²) >= 11 is 0. The van der Waals surface area contributed by atoms with Crippen LogP contribution in [-0.4, -0.2) is 111 Å². The van der Waals surface area contributed by atoms with E-state index in [0.29, 0.717) is 43.9 Å². The van der Waals surface area contributed by atoms with Crippen LogP contribution >= 0.6 is 0 Å². The molecule has 2 aliphatic heterocycles. The third-order valence-corrected chi connectivity index (χ3v) is 6.17. The summed E-state index contributed by atoms with van der Waals surface area (Å²) in [5.74, 6) is 0.261. The van der Waals surface area contributed by atoms with E-state index in [2.05, 4.69) is 16.0 Å². The van der Waals surface area contributed by atoms with Crippen LogP contribution in [-0.2, 0) is 14.3 Å². The highest BCUT2D eigenvalue weighted by atomic mass is 16.6. The van der Waals surface area contributed by atoms with Gasteiger partial charge in [-0.1, -0.05) is 6.07 Å². The Bertz CT molecular complexity index is 977. The van der Waals surface area contributed by atoms with Crippen LogP contribution in [0.5, 0.6) is 5.75 Å². The monoisotopic (exact) mass is 533 g/mol. The lowest BCUT2D eigenvalue weighted by Gasteiger charge is -2.44. The number of amides is 4. The maximum Gasteiger partial charge on any atom is 0.407 e. The summed E-state index contributed by atoms with van der Waals surface area (Å²) < 4.78 is 16.7. The van der Waals surface area contributed by atoms with Crippen molar-refractivity contribution in [2.75, 3.05) is 52.9 Å². The van der Waals surface area contributed by atoms with Crippen LogP contribution < -0.4 is 20.7 Å². The lowest BCUT2D eigenvalue weighted by molar-refractivity contribution is -0.115. The molecule has 2 fully saturated rings. The number of alkyl carbamates (subject to hydrolysis) is 1. The molecule has 38 heavy (non-hydrogen) atoms. The summed E-state index contributed by atoms with van der Waals surface area (Å²) in [6.07, 6.45) is 0.589. The van der Waals surface area contributed by atoms with Gasteiger partial charge >= 0.3 is 12.1 Å². The number of nitrogens with zero attached hydrogens (tertiary/aromatic N) is 2. The van der Waals surface area contributed by atoms with Crippen LogP contribution in [0.3, 0.4) is 0 Å². The topological polar surface area (TPSA) is 139 Å². The van der Waals surface area contributed by atoms with E-state index in [1.54, 1.807) is 54.8 Å². The highest BCUT2D eigenvalue weighted by molar-refractivity contribution is 5.94. The number of hydrogen-bond acceptors (Lipinski definition) is 8. The highest BCUT2D eigenvalue weighted by Gasteiger charge is 2.38. The number of urea groups is 1. The maximum atomic E-state index is 12.9. The number of rotatable bonds is 10. The van der Waals surface area contributed by atoms with Crippen molar-refractivity contribution in [3.05, 3.63) is 29.8 Å². The molecule has 2 heterocycles. The number of likely N-dealkylation sites (N-methyl/N-ethyl adjacent to an activating group) is 1. The zero-order valence-electron chi connectivity index (χ0n) is 22.5. The first kappa shape index (κ1) is 29.2. The van der Waals surface area contributed by atoms with Crippen molar-refractivity contribution in [1.82, 2.24) is 25.8 Å². The van der Waals surface area contributed by atoms with Crippen molar-refractivity contribution < 1.29 is 33.4 Å². The van der Waals surface area contributed by atoms with Gasteiger partial charge in [-0.3, -0.25) is 4.79 Å². The number of ether oxygens (including phenoxy) is 3. The van der Waals surface area contributed by atoms with Gasteiger partial charge in [-0.25, -0.2) is 9.59 Å². The second-order valence-corrected chi connectivity index (χ2v) is 10.3. The van der Waals surface area contributed by atoms with Gasteiger partial charge in [-0.2, -0.15) is 0 Å². The summed E-state index contributed by atoms with van der Waals surface area (Å²) in [6.45, 7) is 7.85. The first-order valence-electron chi connectivity index (χ1n) is 12.9. The molecule has 12 heteroatoms. The predicted molar refractivity (Wildman–Crippen MR) is 139 cm³/mol. The van der Waals surface area contributed by atoms with Crippen molar-refractivity contribution in [3.8, 4) is 5.75 Å². The SMILES string of the molecule is CN[C@@H]1CN(C(=O)N2CC(Oc3cccc(C(=O)NCCNC(=O)OC(C)(C)C)c3)C2)CC[C@@H]1OCC=O. The summed E-state index contributed by atoms with van der Waals surface area (Å²) in [5.41, 5.74) is -0.149. The normalized spacial score (nSPS) is 19.8. The first-order valence-corrected chi connectivity index (χ1v) is 12.9. The molecule has 4 amide bonds. The third-order valence-electron chi connectivity index (χ3n) is 6.17. The van der Waals surface area contributed by atoms with Gasteiger partial charge in [0.05, 0.1) is 25.2 Å². The number of benzene rings is 1. The average Bonchev–Trinajstić information content (AvgIpc) is 2.85. The van der Waals surface area contributed by atoms with Crippen LogP contribution in [0.2, 0.25) is 0 Å². The smallest absolute Gasteiger partial charge is 0.407 e. The van der Waals surface area contributed by atoms with Gasteiger partial charge in [0.1, 0.15) is 30.3 Å². The summed E-state index contributed by atoms with van der Waals surface area (Å²) in [5, 5.41) is 8.52. The summed E-state index contributed by atoms with van der Waals surface area (Å²) in [6, 6.07) is 6.76. The molecule has 3 rings (SSSR count). The third kappa shape index (κ3) is 8.59. The van der Waals surface area contributed by atoms with Crippen LogP contribution in [0.15, 0.2) is 24.3 Å². The number of piperidine rings is 1. The van der Waals surface area contributed by atoms with Crippen molar-refractivity contribution in [3.63, 3.8) is 0 Å². The van der Waals surface area contributed by atoms with Crippen molar-refractivity contribution in [1.29, 1.82) is 0 Å². The number of likely N-dealkylation sites (tertiary alicyclic amines) is 2. The molecule has 12 nitrogen and oxygen atoms in total. The minimum absolute atomic E-state index is 0.0389. The molecule has 2 saturated heterocycles. The highest BCUT2D eigenvalue weighted by Crippen LogP contribution is 2.22. The molecular formula is C26H39N5O7. The second kappa shape index (κ2) is 13.4. The minimum Gasteiger partial charge on any atom is -0.487 e. The molecule has 0 spiro atoms. The van der Waals surface area contributed by atoms with E-state index in [4.69, 9.17) is 14.2 Å². The number of carbonyl (C=O) groups excluding carboxylic acids is 4. The predicted octanol–water partition coefficient (Wildman–Crippen LogP) is 1.00. The minimum atomic E-state index is -0.584. The van der Waals surface area contributed by atoms with Gasteiger partial charge < -0.3 is 44.8 Å². The quantitative estimate of drug-likeness (QED) is 0.299. The number of hydrogen-bond donors (Lipinski definition) is 3. The molecular weight excluding hydrogens is 494 g/mol. The van der Waals surface area contributed by atoms with Crippen molar-refractivity contribution >= 4 is 24.3 Å². The number of nitrogens with one attached hydrogen (secondary N) is 3. The Kier molecular flexibility index (Phi) is 10.3. The first-order chi connectivity index (χ1) is 18.1. The van der Waals surface area contributed by atoms with Gasteiger partial charge in [-0.15, -0.1) is 0 Å². The molecule has 210 valence electrons. The van der Waals surface area contributed by atoms with E-state index >= 15 is 0 Å². The molecule has 0 radical (unpaired) electrons. The molecule has 0 aliphatic carbocycles. The second-order valence-electron chi connectivity index (χ2n) is 10.3. The van der Waals surface area contributed by atoms with E-state index in [1.165, 1.54) is 0 Å². The Morgan fingerprint density at radius 2 is 1.82 bits per heavy atom. The summed E-state index contributed by atoms with van der Waals surface area (Å²) in [4.78, 5) is 51.2. The lowest BCUT2D eigenvalue weighted by atomic mass is 10.0. The van der Waals surface area contributed by atoms with Crippen LogP contribution in [0.1, 0.15) is 37.6 Å². The Hall–Kier alpha value is -3.38. The zero-order valence-corrected chi connectivity index (χ0v) is 22.5. The van der Waals surface area contributed by atoms with Crippen LogP contribution in [0.4, 0.5) is 9.59 Å². The van der Waals surface area contributed by atoms with E-state index in [0.717, 1.165) is 6.29 Å². The van der Waals surface area contributed by atoms with Crippen molar-refractivity contribution in [2.24, 2.45) is 0 Å². The Morgan fingerprint density at radius 1 is 1.08 bits per heavy atom. The molecule has 1 aromatic carbocycles. The molecule has 0 saturated carbocycles. The number of carbonyl (C=O) groups is 4. The average molecular weight is 534 g/mol. The van der Waals surface area contributed by atoms with Gasteiger partial charge in [0, 0.05) is 31.7 Å². The molecule has 0 aromatic heterocycles. The molecule has 2 aliphatic rings. The largest absolute Gasteiger partial charge is 0.487 e. The number of aldehydes is 1. The van der Waals surface area contributed by atoms with Crippen molar-refractivity contribution in [2.45, 2.75) is 51.0 Å². The fraction of sp³-hybridized carbons (Fsp3) is 0.615. The van der Waals surface area contributed by atoms with E-state index in [9.17, 15) is 19.2 Å². The summed E-state index contributed by atoms with van der Waals surface area (Å²) in [7, 11) is 1.82. The molecule has 1 aromatic rings. The zero-order chi connectivity index (χ0) is 27.7. The van der Waals surface area contributed by atoms with Gasteiger partial charge in [0.2, 0.25) is 0 Å². The Labute approximate surface area is 223 Å². The Balaban J connectivity index is 1.39. The van der Waals surface area contributed by atoms with E-state index in [1.807, 2.05) is 7.05 Å². The van der Waals surface area contributed by atoms with E-state index < -0.39 is 11.7 Å². The molecule has 3 N–H and O–H groups in total. The fourth-order valence-electron chi connectivity index (χ4n) is 4.27. The fourth-order valence-corrected chi connectivity index (χ4v) is 4.27. The standard InChI is InChI=1S/C26H39N5O7/c1-26(2,3)38-24(34)29-10-9-28-23(33)18-6-5-7-19(14-18)37-20-15-31(16-20)25(35)30-11-8-22(36-13-12-32)21(17-30)27-4/h5-7,12,14,20-22,27H,8-11,13,15-17H2,1-4H3,(H,28,33)(H,29,34)/t21-,22+/m1/s1. The molecule has 0 unspecified atom stereocenters. The van der Waals surface area contributed by atoms with Gasteiger partial charge in [-0.05, 0) is 52.4 Å². The van der Waals surface area contributed by atoms with Crippen LogP contribution in [0, 0.1) is 0 Å². The molecule has 2 atom stereocenters. The maximum absolute atomic E-state index is 12.9. The Morgan fingerprint density at radius 3 is 2.50 bits per heavy atom. The van der Waals surface area contributed by atoms with Gasteiger partial charge in [0.25, 0.3) is 5.91 Å². The lowest BCUT2D eigenvalue weighted by Crippen LogP contribution is -2.63.